The van der Waals surface area contributed by atoms with Crippen molar-refractivity contribution in [2.75, 3.05) is 24.6 Å². The topological polar surface area (TPSA) is 52.0 Å². The van der Waals surface area contributed by atoms with Gasteiger partial charge in [0.2, 0.25) is 0 Å². The van der Waals surface area contributed by atoms with Gasteiger partial charge in [0.25, 0.3) is 0 Å². The van der Waals surface area contributed by atoms with Gasteiger partial charge in [0.05, 0.1) is 0 Å². The molecule has 0 spiro atoms. The van der Waals surface area contributed by atoms with Crippen LogP contribution in [0.25, 0.3) is 0 Å². The van der Waals surface area contributed by atoms with Gasteiger partial charge in [-0.25, -0.2) is 0 Å². The Morgan fingerprint density at radius 2 is 1.20 bits per heavy atom. The van der Waals surface area contributed by atoms with Crippen molar-refractivity contribution in [2.45, 2.75) is 12.8 Å². The smallest absolute Gasteiger partial charge is 0.00489 e. The van der Waals surface area contributed by atoms with Crippen LogP contribution in [0.4, 0.5) is 0 Å². The minimum atomic E-state index is 0.810. The van der Waals surface area contributed by atoms with Crippen molar-refractivity contribution in [3.8, 4) is 0 Å². The summed E-state index contributed by atoms with van der Waals surface area (Å²) in [5.41, 5.74) is 10.7. The van der Waals surface area contributed by atoms with Gasteiger partial charge in [0, 0.05) is 11.5 Å². The fraction of sp³-hybridized carbons (Fsp3) is 1.00. The van der Waals surface area contributed by atoms with Gasteiger partial charge in [-0.05, 0) is 25.9 Å². The Hall–Kier alpha value is 0.620. The van der Waals surface area contributed by atoms with Crippen molar-refractivity contribution in [3.63, 3.8) is 0 Å². The first kappa shape index (κ1) is 10.6. The number of nitrogens with two attached hydrogens (primary N) is 2. The van der Waals surface area contributed by atoms with Gasteiger partial charge < -0.3 is 11.5 Å². The second-order valence-corrected chi connectivity index (χ2v) is 4.63. The lowest BCUT2D eigenvalue weighted by Gasteiger charge is -1.97. The number of rotatable bonds is 7. The Bertz CT molecular complexity index is 53.7. The van der Waals surface area contributed by atoms with Crippen LogP contribution >= 0.6 is 21.6 Å². The van der Waals surface area contributed by atoms with E-state index in [1.165, 1.54) is 11.5 Å². The molecule has 4 N–H and O–H groups in total. The maximum absolute atomic E-state index is 5.33. The van der Waals surface area contributed by atoms with E-state index in [0.717, 1.165) is 25.9 Å². The van der Waals surface area contributed by atoms with Crippen molar-refractivity contribution in [2.24, 2.45) is 11.5 Å². The fourth-order valence-electron chi connectivity index (χ4n) is 0.402. The second-order valence-electron chi connectivity index (χ2n) is 1.93. The van der Waals surface area contributed by atoms with Gasteiger partial charge >= 0.3 is 0 Å². The fourth-order valence-corrected chi connectivity index (χ4v) is 2.62. The van der Waals surface area contributed by atoms with Gasteiger partial charge in [0.1, 0.15) is 0 Å². The van der Waals surface area contributed by atoms with Gasteiger partial charge in [-0.3, -0.25) is 0 Å². The van der Waals surface area contributed by atoms with Crippen molar-refractivity contribution in [1.29, 1.82) is 0 Å². The molecule has 0 unspecified atom stereocenters. The van der Waals surface area contributed by atoms with E-state index in [-0.39, 0.29) is 0 Å². The molecule has 0 aliphatic carbocycles. The predicted molar refractivity (Wildman–Crippen MR) is 52.3 cm³/mol. The van der Waals surface area contributed by atoms with E-state index in [1.807, 2.05) is 21.6 Å². The maximum atomic E-state index is 5.33. The summed E-state index contributed by atoms with van der Waals surface area (Å²) in [4.78, 5) is 0. The van der Waals surface area contributed by atoms with E-state index in [9.17, 15) is 0 Å². The molecule has 0 saturated carbocycles. The summed E-state index contributed by atoms with van der Waals surface area (Å²) in [6, 6.07) is 0. The SMILES string of the molecule is NCCCSSCCCN. The van der Waals surface area contributed by atoms with Crippen molar-refractivity contribution >= 4 is 21.6 Å². The molecule has 62 valence electrons. The largest absolute Gasteiger partial charge is 0.330 e. The molecular weight excluding hydrogens is 164 g/mol. The van der Waals surface area contributed by atoms with E-state index in [0.29, 0.717) is 0 Å². The average Bonchev–Trinajstić information content (AvgIpc) is 1.97. The third-order valence-corrected chi connectivity index (χ3v) is 3.52. The van der Waals surface area contributed by atoms with Crippen LogP contribution in [0.1, 0.15) is 12.8 Å². The van der Waals surface area contributed by atoms with E-state index in [4.69, 9.17) is 11.5 Å². The minimum absolute atomic E-state index is 0.810. The summed E-state index contributed by atoms with van der Waals surface area (Å²) in [5.74, 6) is 2.34. The Labute approximate surface area is 70.9 Å². The molecule has 0 bridgehead atoms. The van der Waals surface area contributed by atoms with Crippen molar-refractivity contribution in [3.05, 3.63) is 0 Å². The van der Waals surface area contributed by atoms with E-state index in [1.54, 1.807) is 0 Å². The molecule has 0 amide bonds. The second kappa shape index (κ2) is 9.62. The summed E-state index contributed by atoms with van der Waals surface area (Å²) in [7, 11) is 3.80. The summed E-state index contributed by atoms with van der Waals surface area (Å²) < 4.78 is 0. The Morgan fingerprint density at radius 3 is 1.50 bits per heavy atom. The molecule has 0 atom stereocenters. The highest BCUT2D eigenvalue weighted by molar-refractivity contribution is 8.76. The zero-order valence-corrected chi connectivity index (χ0v) is 7.85. The van der Waals surface area contributed by atoms with Crippen LogP contribution in [0.2, 0.25) is 0 Å². The van der Waals surface area contributed by atoms with Gasteiger partial charge in [-0.15, -0.1) is 0 Å². The monoisotopic (exact) mass is 180 g/mol. The molecule has 0 heterocycles. The van der Waals surface area contributed by atoms with Gasteiger partial charge in [0.15, 0.2) is 0 Å². The predicted octanol–water partition coefficient (Wildman–Crippen LogP) is 1.07. The summed E-state index contributed by atoms with van der Waals surface area (Å²) >= 11 is 0. The standard InChI is InChI=1S/C6H16N2S2/c7-3-1-5-9-10-6-2-4-8/h1-8H2. The molecule has 0 aromatic rings. The first-order valence-electron chi connectivity index (χ1n) is 3.56. The van der Waals surface area contributed by atoms with Crippen LogP contribution in [0, 0.1) is 0 Å². The molecule has 10 heavy (non-hydrogen) atoms. The molecule has 0 aliphatic rings. The van der Waals surface area contributed by atoms with Crippen LogP contribution in [0.3, 0.4) is 0 Å². The molecular formula is C6H16N2S2. The molecule has 0 radical (unpaired) electrons. The highest BCUT2D eigenvalue weighted by atomic mass is 33.1. The molecule has 0 saturated heterocycles. The summed E-state index contributed by atoms with van der Waals surface area (Å²) in [6.45, 7) is 1.62. The molecule has 0 aromatic carbocycles. The molecule has 0 rings (SSSR count). The van der Waals surface area contributed by atoms with Crippen LogP contribution in [0.5, 0.6) is 0 Å². The first-order valence-corrected chi connectivity index (χ1v) is 6.05. The third-order valence-electron chi connectivity index (χ3n) is 0.947. The lowest BCUT2D eigenvalue weighted by molar-refractivity contribution is 0.943. The maximum Gasteiger partial charge on any atom is 0.00489 e. The molecule has 0 aliphatic heterocycles. The minimum Gasteiger partial charge on any atom is -0.330 e. The molecule has 0 aromatic heterocycles. The van der Waals surface area contributed by atoms with Crippen LogP contribution in [-0.2, 0) is 0 Å². The lowest BCUT2D eigenvalue weighted by Crippen LogP contribution is -2.00. The van der Waals surface area contributed by atoms with Crippen molar-refractivity contribution in [1.82, 2.24) is 0 Å². The Morgan fingerprint density at radius 1 is 0.800 bits per heavy atom. The lowest BCUT2D eigenvalue weighted by atomic mass is 10.5. The molecule has 0 fully saturated rings. The Kier molecular flexibility index (Phi) is 10.2. The number of hydrogen-bond acceptors (Lipinski definition) is 4. The average molecular weight is 180 g/mol. The van der Waals surface area contributed by atoms with E-state index >= 15 is 0 Å². The zero-order chi connectivity index (χ0) is 7.66. The molecule has 2 nitrogen and oxygen atoms in total. The quantitative estimate of drug-likeness (QED) is 0.454. The summed E-state index contributed by atoms with van der Waals surface area (Å²) in [5, 5.41) is 0. The first-order chi connectivity index (χ1) is 4.91. The van der Waals surface area contributed by atoms with Crippen LogP contribution in [0.15, 0.2) is 0 Å². The molecule has 4 heteroatoms. The van der Waals surface area contributed by atoms with Crippen LogP contribution < -0.4 is 11.5 Å². The van der Waals surface area contributed by atoms with Crippen LogP contribution in [-0.4, -0.2) is 24.6 Å². The normalized spacial score (nSPS) is 10.2. The van der Waals surface area contributed by atoms with E-state index in [2.05, 4.69) is 0 Å². The highest BCUT2D eigenvalue weighted by Gasteiger charge is 1.88. The zero-order valence-electron chi connectivity index (χ0n) is 6.21. The van der Waals surface area contributed by atoms with E-state index < -0.39 is 0 Å². The summed E-state index contributed by atoms with van der Waals surface area (Å²) in [6.07, 6.45) is 2.25. The van der Waals surface area contributed by atoms with Gasteiger partial charge in [-0.1, -0.05) is 21.6 Å². The Balaban J connectivity index is 2.65. The van der Waals surface area contributed by atoms with Crippen molar-refractivity contribution < 1.29 is 0 Å². The third kappa shape index (κ3) is 8.62. The van der Waals surface area contributed by atoms with Gasteiger partial charge in [-0.2, -0.15) is 0 Å². The highest BCUT2D eigenvalue weighted by Crippen LogP contribution is 2.21. The number of hydrogen-bond donors (Lipinski definition) is 2.